The maximum absolute atomic E-state index is 11.0. The van der Waals surface area contributed by atoms with Crippen molar-refractivity contribution in [2.75, 3.05) is 0 Å². The Bertz CT molecular complexity index is 420. The molecule has 0 bridgehead atoms. The van der Waals surface area contributed by atoms with Crippen molar-refractivity contribution in [1.82, 2.24) is 0 Å². The fraction of sp³-hybridized carbons (Fsp3) is 0.222. The molecule has 0 N–H and O–H groups in total. The summed E-state index contributed by atoms with van der Waals surface area (Å²) in [5.41, 5.74) is -0.0729. The topological polar surface area (TPSA) is 60.2 Å². The van der Waals surface area contributed by atoms with Gasteiger partial charge in [-0.1, -0.05) is 11.6 Å². The van der Waals surface area contributed by atoms with Crippen LogP contribution in [0.1, 0.15) is 17.9 Å². The zero-order valence-electron chi connectivity index (χ0n) is 7.74. The minimum Gasteiger partial charge on any atom is -0.298 e. The van der Waals surface area contributed by atoms with Gasteiger partial charge < -0.3 is 0 Å². The Morgan fingerprint density at radius 2 is 2.13 bits per heavy atom. The number of carbonyl (C=O) groups excluding carboxylic acids is 1. The van der Waals surface area contributed by atoms with Crippen molar-refractivity contribution in [1.29, 1.82) is 0 Å². The number of benzene rings is 1. The number of hydrogen-bond acceptors (Lipinski definition) is 3. The summed E-state index contributed by atoms with van der Waals surface area (Å²) in [5.74, 6) is -0.359. The van der Waals surface area contributed by atoms with Crippen LogP contribution in [0.4, 0.5) is 5.69 Å². The first kappa shape index (κ1) is 11.9. The number of alkyl halides is 1. The van der Waals surface area contributed by atoms with Crippen LogP contribution in [0.5, 0.6) is 0 Å². The van der Waals surface area contributed by atoms with Crippen molar-refractivity contribution in [2.45, 2.75) is 12.3 Å². The van der Waals surface area contributed by atoms with E-state index in [0.29, 0.717) is 5.02 Å². The highest BCUT2D eigenvalue weighted by molar-refractivity contribution is 6.32. The van der Waals surface area contributed by atoms with Crippen LogP contribution in [0, 0.1) is 10.1 Å². The Kier molecular flexibility index (Phi) is 3.66. The second-order valence-corrected chi connectivity index (χ2v) is 3.81. The fourth-order valence-electron chi connectivity index (χ4n) is 1.11. The molecule has 6 heteroatoms. The van der Waals surface area contributed by atoms with Gasteiger partial charge in [-0.3, -0.25) is 14.9 Å². The summed E-state index contributed by atoms with van der Waals surface area (Å²) >= 11 is 11.4. The molecule has 4 nitrogen and oxygen atoms in total. The number of rotatable bonds is 3. The van der Waals surface area contributed by atoms with Crippen LogP contribution in [0.15, 0.2) is 18.2 Å². The summed E-state index contributed by atoms with van der Waals surface area (Å²) in [7, 11) is 0. The first-order valence-corrected chi connectivity index (χ1v) is 4.83. The molecule has 0 aliphatic carbocycles. The predicted octanol–water partition coefficient (Wildman–Crippen LogP) is 3.12. The molecule has 0 aliphatic heterocycles. The minimum absolute atomic E-state index is 0.127. The quantitative estimate of drug-likeness (QED) is 0.469. The highest BCUT2D eigenvalue weighted by Gasteiger charge is 2.23. The van der Waals surface area contributed by atoms with E-state index in [-0.39, 0.29) is 17.0 Å². The maximum Gasteiger partial charge on any atom is 0.274 e. The van der Waals surface area contributed by atoms with Crippen LogP contribution in [-0.4, -0.2) is 10.7 Å². The largest absolute Gasteiger partial charge is 0.298 e. The van der Waals surface area contributed by atoms with E-state index in [1.807, 2.05) is 0 Å². The highest BCUT2D eigenvalue weighted by atomic mass is 35.5. The molecule has 1 atom stereocenters. The number of nitrogens with zero attached hydrogens (tertiary/aromatic N) is 1. The van der Waals surface area contributed by atoms with Crippen molar-refractivity contribution < 1.29 is 9.72 Å². The van der Waals surface area contributed by atoms with Crippen molar-refractivity contribution in [3.63, 3.8) is 0 Å². The standard InChI is InChI=1S/C9H7Cl2NO3/c1-5(13)9(11)7-4-6(10)2-3-8(7)12(14)15/h2-4,9H,1H3. The molecule has 0 spiro atoms. The lowest BCUT2D eigenvalue weighted by molar-refractivity contribution is -0.385. The van der Waals surface area contributed by atoms with Gasteiger partial charge in [0.15, 0.2) is 5.78 Å². The van der Waals surface area contributed by atoms with Gasteiger partial charge in [-0.25, -0.2) is 0 Å². The Hall–Kier alpha value is -1.13. The number of carbonyl (C=O) groups is 1. The van der Waals surface area contributed by atoms with E-state index >= 15 is 0 Å². The van der Waals surface area contributed by atoms with Gasteiger partial charge in [0, 0.05) is 11.1 Å². The first-order chi connectivity index (χ1) is 6.93. The Morgan fingerprint density at radius 1 is 1.53 bits per heavy atom. The van der Waals surface area contributed by atoms with Crippen LogP contribution in [0.25, 0.3) is 0 Å². The van der Waals surface area contributed by atoms with Gasteiger partial charge in [0.1, 0.15) is 5.38 Å². The van der Waals surface area contributed by atoms with Crippen molar-refractivity contribution in [3.05, 3.63) is 38.9 Å². The Morgan fingerprint density at radius 3 is 2.60 bits per heavy atom. The summed E-state index contributed by atoms with van der Waals surface area (Å²) in [6.07, 6.45) is 0. The Labute approximate surface area is 95.9 Å². The first-order valence-electron chi connectivity index (χ1n) is 4.02. The molecule has 0 amide bonds. The fourth-order valence-corrected chi connectivity index (χ4v) is 1.47. The maximum atomic E-state index is 11.0. The lowest BCUT2D eigenvalue weighted by Gasteiger charge is -2.06. The molecule has 80 valence electrons. The lowest BCUT2D eigenvalue weighted by Crippen LogP contribution is -2.05. The molecule has 0 aliphatic rings. The zero-order chi connectivity index (χ0) is 11.6. The van der Waals surface area contributed by atoms with E-state index in [1.54, 1.807) is 0 Å². The second kappa shape index (κ2) is 4.59. The average Bonchev–Trinajstić information content (AvgIpc) is 2.15. The normalized spacial score (nSPS) is 12.2. The number of halogens is 2. The van der Waals surface area contributed by atoms with Crippen molar-refractivity contribution in [2.24, 2.45) is 0 Å². The molecule has 1 unspecified atom stereocenters. The SMILES string of the molecule is CC(=O)C(Cl)c1cc(Cl)ccc1[N+](=O)[O-]. The van der Waals surface area contributed by atoms with Crippen molar-refractivity contribution in [3.8, 4) is 0 Å². The molecule has 0 fully saturated rings. The summed E-state index contributed by atoms with van der Waals surface area (Å²) in [4.78, 5) is 21.1. The van der Waals surface area contributed by atoms with Crippen LogP contribution in [0.3, 0.4) is 0 Å². The zero-order valence-corrected chi connectivity index (χ0v) is 9.25. The molecular formula is C9H7Cl2NO3. The van der Waals surface area contributed by atoms with Gasteiger partial charge in [-0.15, -0.1) is 11.6 Å². The molecule has 0 radical (unpaired) electrons. The number of nitro benzene ring substituents is 1. The van der Waals surface area contributed by atoms with E-state index in [2.05, 4.69) is 0 Å². The van der Waals surface area contributed by atoms with Gasteiger partial charge in [-0.05, 0) is 19.1 Å². The second-order valence-electron chi connectivity index (χ2n) is 2.93. The van der Waals surface area contributed by atoms with Crippen LogP contribution in [0.2, 0.25) is 5.02 Å². The number of ketones is 1. The van der Waals surface area contributed by atoms with E-state index in [9.17, 15) is 14.9 Å². The van der Waals surface area contributed by atoms with Gasteiger partial charge in [0.05, 0.1) is 10.5 Å². The molecule has 1 aromatic carbocycles. The van der Waals surface area contributed by atoms with Gasteiger partial charge in [-0.2, -0.15) is 0 Å². The van der Waals surface area contributed by atoms with Crippen LogP contribution >= 0.6 is 23.2 Å². The molecule has 0 saturated heterocycles. The third-order valence-electron chi connectivity index (χ3n) is 1.82. The van der Waals surface area contributed by atoms with Crippen LogP contribution < -0.4 is 0 Å². The highest BCUT2D eigenvalue weighted by Crippen LogP contribution is 2.32. The molecular weight excluding hydrogens is 241 g/mol. The number of nitro groups is 1. The lowest BCUT2D eigenvalue weighted by atomic mass is 10.1. The summed E-state index contributed by atoms with van der Waals surface area (Å²) in [6.45, 7) is 1.27. The third kappa shape index (κ3) is 2.67. The molecule has 0 aromatic heterocycles. The monoisotopic (exact) mass is 247 g/mol. The van der Waals surface area contributed by atoms with Crippen LogP contribution in [-0.2, 0) is 4.79 Å². The Balaban J connectivity index is 3.30. The molecule has 1 rings (SSSR count). The number of Topliss-reactive ketones (excluding diaryl/α,β-unsaturated/α-hetero) is 1. The number of hydrogen-bond donors (Lipinski definition) is 0. The summed E-state index contributed by atoms with van der Waals surface area (Å²) < 4.78 is 0. The summed E-state index contributed by atoms with van der Waals surface area (Å²) in [6, 6.07) is 3.95. The molecule has 0 heterocycles. The van der Waals surface area contributed by atoms with E-state index in [1.165, 1.54) is 25.1 Å². The smallest absolute Gasteiger partial charge is 0.274 e. The van der Waals surface area contributed by atoms with Gasteiger partial charge in [0.25, 0.3) is 5.69 Å². The molecule has 0 saturated carbocycles. The summed E-state index contributed by atoms with van der Waals surface area (Å²) in [5, 5.41) is 9.92. The van der Waals surface area contributed by atoms with E-state index in [0.717, 1.165) is 0 Å². The van der Waals surface area contributed by atoms with E-state index < -0.39 is 10.3 Å². The van der Waals surface area contributed by atoms with Crippen molar-refractivity contribution >= 4 is 34.7 Å². The van der Waals surface area contributed by atoms with E-state index in [4.69, 9.17) is 23.2 Å². The average molecular weight is 248 g/mol. The molecule has 15 heavy (non-hydrogen) atoms. The molecule has 1 aromatic rings. The third-order valence-corrected chi connectivity index (χ3v) is 2.59. The van der Waals surface area contributed by atoms with Gasteiger partial charge in [0.2, 0.25) is 0 Å². The predicted molar refractivity (Wildman–Crippen MR) is 57.4 cm³/mol. The van der Waals surface area contributed by atoms with Gasteiger partial charge >= 0.3 is 0 Å². The minimum atomic E-state index is -1.04.